The fourth-order valence-corrected chi connectivity index (χ4v) is 1.71. The van der Waals surface area contributed by atoms with Gasteiger partial charge in [-0.05, 0) is 40.6 Å². The van der Waals surface area contributed by atoms with E-state index in [1.54, 1.807) is 0 Å². The molecule has 21 heavy (non-hydrogen) atoms. The Hall–Kier alpha value is -2.64. The molecule has 0 saturated carbocycles. The standard InChI is InChI=1S/C13H6F4N2O2/c14-9-5-7(13(15,16)17)1-4-12(9)20-8-2-3-10-11(6-8)19-21-18-10/h1-6H. The van der Waals surface area contributed by atoms with Crippen LogP contribution in [0.1, 0.15) is 5.56 Å². The summed E-state index contributed by atoms with van der Waals surface area (Å²) in [5.41, 5.74) is -0.210. The Bertz CT molecular complexity index is 798. The Morgan fingerprint density at radius 3 is 2.43 bits per heavy atom. The molecule has 4 nitrogen and oxygen atoms in total. The molecule has 8 heteroatoms. The lowest BCUT2D eigenvalue weighted by Gasteiger charge is -2.10. The normalized spacial score (nSPS) is 11.8. The number of benzene rings is 2. The van der Waals surface area contributed by atoms with Gasteiger partial charge in [0, 0.05) is 6.07 Å². The molecule has 0 spiro atoms. The van der Waals surface area contributed by atoms with Crippen LogP contribution in [0.25, 0.3) is 11.0 Å². The summed E-state index contributed by atoms with van der Waals surface area (Å²) in [7, 11) is 0. The molecule has 0 unspecified atom stereocenters. The molecule has 0 saturated heterocycles. The topological polar surface area (TPSA) is 48.2 Å². The van der Waals surface area contributed by atoms with E-state index >= 15 is 0 Å². The second-order valence-corrected chi connectivity index (χ2v) is 4.16. The van der Waals surface area contributed by atoms with Gasteiger partial charge in [-0.25, -0.2) is 9.02 Å². The zero-order chi connectivity index (χ0) is 15.0. The summed E-state index contributed by atoms with van der Waals surface area (Å²) in [5, 5.41) is 7.16. The molecule has 0 N–H and O–H groups in total. The van der Waals surface area contributed by atoms with E-state index in [9.17, 15) is 17.6 Å². The van der Waals surface area contributed by atoms with E-state index in [1.807, 2.05) is 0 Å². The average Bonchev–Trinajstić information content (AvgIpc) is 2.87. The molecular weight excluding hydrogens is 292 g/mol. The SMILES string of the molecule is Fc1cc(C(F)(F)F)ccc1Oc1ccc2nonc2c1. The molecule has 1 heterocycles. The van der Waals surface area contributed by atoms with Gasteiger partial charge in [0.15, 0.2) is 11.6 Å². The van der Waals surface area contributed by atoms with Gasteiger partial charge in [0.25, 0.3) is 0 Å². The zero-order valence-electron chi connectivity index (χ0n) is 10.2. The Morgan fingerprint density at radius 1 is 0.952 bits per heavy atom. The average molecular weight is 298 g/mol. The fourth-order valence-electron chi connectivity index (χ4n) is 1.71. The van der Waals surface area contributed by atoms with Crippen molar-refractivity contribution in [1.82, 2.24) is 10.3 Å². The number of hydrogen-bond donors (Lipinski definition) is 0. The molecule has 0 aliphatic carbocycles. The third kappa shape index (κ3) is 2.64. The quantitative estimate of drug-likeness (QED) is 0.666. The van der Waals surface area contributed by atoms with Crippen molar-refractivity contribution in [3.05, 3.63) is 47.8 Å². The first-order valence-corrected chi connectivity index (χ1v) is 5.70. The van der Waals surface area contributed by atoms with Gasteiger partial charge in [0.05, 0.1) is 5.56 Å². The maximum absolute atomic E-state index is 13.6. The van der Waals surface area contributed by atoms with Crippen LogP contribution in [0.5, 0.6) is 11.5 Å². The summed E-state index contributed by atoms with van der Waals surface area (Å²) >= 11 is 0. The third-order valence-electron chi connectivity index (χ3n) is 2.71. The van der Waals surface area contributed by atoms with Crippen molar-refractivity contribution in [1.29, 1.82) is 0 Å². The highest BCUT2D eigenvalue weighted by molar-refractivity contribution is 5.74. The second-order valence-electron chi connectivity index (χ2n) is 4.16. The molecule has 0 bridgehead atoms. The van der Waals surface area contributed by atoms with Crippen LogP contribution in [0.15, 0.2) is 41.0 Å². The Kier molecular flexibility index (Phi) is 3.00. The minimum Gasteiger partial charge on any atom is -0.454 e. The Morgan fingerprint density at radius 2 is 1.71 bits per heavy atom. The van der Waals surface area contributed by atoms with Crippen LogP contribution in [0, 0.1) is 5.82 Å². The molecule has 0 aliphatic rings. The number of nitrogens with zero attached hydrogens (tertiary/aromatic N) is 2. The molecule has 0 radical (unpaired) electrons. The van der Waals surface area contributed by atoms with Gasteiger partial charge in [-0.1, -0.05) is 0 Å². The Labute approximate surface area is 114 Å². The van der Waals surface area contributed by atoms with Gasteiger partial charge in [0.1, 0.15) is 16.8 Å². The highest BCUT2D eigenvalue weighted by Gasteiger charge is 2.31. The predicted octanol–water partition coefficient (Wildman–Crippen LogP) is 4.17. The fraction of sp³-hybridized carbons (Fsp3) is 0.0769. The number of aromatic nitrogens is 2. The van der Waals surface area contributed by atoms with Crippen LogP contribution in [-0.2, 0) is 6.18 Å². The third-order valence-corrected chi connectivity index (χ3v) is 2.71. The number of ether oxygens (including phenoxy) is 1. The van der Waals surface area contributed by atoms with Crippen molar-refractivity contribution in [2.45, 2.75) is 6.18 Å². The summed E-state index contributed by atoms with van der Waals surface area (Å²) in [6.45, 7) is 0. The highest BCUT2D eigenvalue weighted by atomic mass is 19.4. The lowest BCUT2D eigenvalue weighted by molar-refractivity contribution is -0.137. The maximum atomic E-state index is 13.6. The highest BCUT2D eigenvalue weighted by Crippen LogP contribution is 2.33. The van der Waals surface area contributed by atoms with Crippen molar-refractivity contribution in [3.63, 3.8) is 0 Å². The monoisotopic (exact) mass is 298 g/mol. The van der Waals surface area contributed by atoms with E-state index in [1.165, 1.54) is 18.2 Å². The van der Waals surface area contributed by atoms with Gasteiger partial charge in [-0.3, -0.25) is 0 Å². The lowest BCUT2D eigenvalue weighted by atomic mass is 10.2. The van der Waals surface area contributed by atoms with Crippen LogP contribution in [0.4, 0.5) is 17.6 Å². The summed E-state index contributed by atoms with van der Waals surface area (Å²) in [6, 6.07) is 6.49. The van der Waals surface area contributed by atoms with Crippen LogP contribution in [-0.4, -0.2) is 10.3 Å². The molecule has 1 aromatic heterocycles. The largest absolute Gasteiger partial charge is 0.454 e. The molecule has 0 fully saturated rings. The molecule has 108 valence electrons. The predicted molar refractivity (Wildman–Crippen MR) is 63.3 cm³/mol. The van der Waals surface area contributed by atoms with Gasteiger partial charge in [-0.15, -0.1) is 0 Å². The van der Waals surface area contributed by atoms with Crippen LogP contribution >= 0.6 is 0 Å². The molecule has 0 atom stereocenters. The second kappa shape index (κ2) is 4.72. The number of rotatable bonds is 2. The molecular formula is C13H6F4N2O2. The summed E-state index contributed by atoms with van der Waals surface area (Å²) in [4.78, 5) is 0. The molecule has 0 aliphatic heterocycles. The van der Waals surface area contributed by atoms with E-state index in [4.69, 9.17) is 4.74 Å². The van der Waals surface area contributed by atoms with Crippen molar-refractivity contribution >= 4 is 11.0 Å². The smallest absolute Gasteiger partial charge is 0.416 e. The minimum absolute atomic E-state index is 0.205. The van der Waals surface area contributed by atoms with E-state index in [2.05, 4.69) is 14.9 Å². The van der Waals surface area contributed by atoms with E-state index in [0.29, 0.717) is 17.1 Å². The number of fused-ring (bicyclic) bond motifs is 1. The van der Waals surface area contributed by atoms with E-state index < -0.39 is 17.6 Å². The molecule has 3 aromatic rings. The van der Waals surface area contributed by atoms with E-state index in [-0.39, 0.29) is 11.5 Å². The van der Waals surface area contributed by atoms with Gasteiger partial charge < -0.3 is 4.74 Å². The van der Waals surface area contributed by atoms with Gasteiger partial charge in [-0.2, -0.15) is 13.2 Å². The lowest BCUT2D eigenvalue weighted by Crippen LogP contribution is -2.05. The number of hydrogen-bond acceptors (Lipinski definition) is 4. The number of halogens is 4. The molecule has 0 amide bonds. The number of alkyl halides is 3. The first-order valence-electron chi connectivity index (χ1n) is 5.70. The van der Waals surface area contributed by atoms with Crippen molar-refractivity contribution in [3.8, 4) is 11.5 Å². The summed E-state index contributed by atoms with van der Waals surface area (Å²) in [6.07, 6.45) is -4.61. The zero-order valence-corrected chi connectivity index (χ0v) is 10.2. The first kappa shape index (κ1) is 13.3. The minimum atomic E-state index is -4.61. The molecule has 2 aromatic carbocycles. The van der Waals surface area contributed by atoms with Crippen LogP contribution in [0.3, 0.4) is 0 Å². The van der Waals surface area contributed by atoms with Crippen LogP contribution < -0.4 is 4.74 Å². The van der Waals surface area contributed by atoms with Gasteiger partial charge in [0.2, 0.25) is 0 Å². The van der Waals surface area contributed by atoms with Crippen molar-refractivity contribution in [2.75, 3.05) is 0 Å². The van der Waals surface area contributed by atoms with Crippen molar-refractivity contribution < 1.29 is 26.9 Å². The Balaban J connectivity index is 1.90. The maximum Gasteiger partial charge on any atom is 0.416 e. The summed E-state index contributed by atoms with van der Waals surface area (Å²) < 4.78 is 60.6. The molecule has 3 rings (SSSR count). The first-order chi connectivity index (χ1) is 9.93. The van der Waals surface area contributed by atoms with E-state index in [0.717, 1.165) is 12.1 Å². The van der Waals surface area contributed by atoms with Crippen molar-refractivity contribution in [2.24, 2.45) is 0 Å². The summed E-state index contributed by atoms with van der Waals surface area (Å²) in [5.74, 6) is -1.22. The van der Waals surface area contributed by atoms with Gasteiger partial charge >= 0.3 is 6.18 Å². The van der Waals surface area contributed by atoms with Crippen LogP contribution in [0.2, 0.25) is 0 Å².